The monoisotopic (exact) mass is 263 g/mol. The standard InChI is InChI=1S/C15H25N3O/c1-16-13(14-17-8-9-18(14)2)12-5-10-19-15(11-12)6-3-4-7-15/h8-9,12-13,16H,3-7,10-11H2,1-2H3. The van der Waals surface area contributed by atoms with Gasteiger partial charge < -0.3 is 14.6 Å². The largest absolute Gasteiger partial charge is 0.375 e. The summed E-state index contributed by atoms with van der Waals surface area (Å²) in [6.45, 7) is 0.910. The minimum Gasteiger partial charge on any atom is -0.375 e. The fourth-order valence-corrected chi connectivity index (χ4v) is 3.97. The average Bonchev–Trinajstić information content (AvgIpc) is 3.02. The molecule has 1 N–H and O–H groups in total. The predicted octanol–water partition coefficient (Wildman–Crippen LogP) is 2.42. The third-order valence-electron chi connectivity index (χ3n) is 4.96. The summed E-state index contributed by atoms with van der Waals surface area (Å²) in [7, 11) is 4.13. The summed E-state index contributed by atoms with van der Waals surface area (Å²) in [5.41, 5.74) is 0.184. The number of aromatic nitrogens is 2. The van der Waals surface area contributed by atoms with Crippen LogP contribution in [0.5, 0.6) is 0 Å². The quantitative estimate of drug-likeness (QED) is 0.910. The van der Waals surface area contributed by atoms with Crippen LogP contribution in [0.25, 0.3) is 0 Å². The van der Waals surface area contributed by atoms with Crippen LogP contribution in [0, 0.1) is 5.92 Å². The van der Waals surface area contributed by atoms with E-state index < -0.39 is 0 Å². The van der Waals surface area contributed by atoms with Gasteiger partial charge in [-0.05, 0) is 38.6 Å². The lowest BCUT2D eigenvalue weighted by Crippen LogP contribution is -2.42. The number of imidazole rings is 1. The Balaban J connectivity index is 1.78. The maximum Gasteiger partial charge on any atom is 0.125 e. The van der Waals surface area contributed by atoms with Crippen LogP contribution in [0.15, 0.2) is 12.4 Å². The molecule has 3 rings (SSSR count). The van der Waals surface area contributed by atoms with E-state index in [4.69, 9.17) is 4.74 Å². The molecule has 2 heterocycles. The van der Waals surface area contributed by atoms with Crippen LogP contribution >= 0.6 is 0 Å². The molecule has 0 aromatic carbocycles. The van der Waals surface area contributed by atoms with Crippen molar-refractivity contribution in [3.8, 4) is 0 Å². The van der Waals surface area contributed by atoms with Gasteiger partial charge in [0.25, 0.3) is 0 Å². The molecule has 0 radical (unpaired) electrons. The van der Waals surface area contributed by atoms with Gasteiger partial charge in [-0.2, -0.15) is 0 Å². The first-order chi connectivity index (χ1) is 9.24. The van der Waals surface area contributed by atoms with Crippen LogP contribution in [0.1, 0.15) is 50.4 Å². The highest BCUT2D eigenvalue weighted by Crippen LogP contribution is 2.44. The molecule has 1 aromatic rings. The fraction of sp³-hybridized carbons (Fsp3) is 0.800. The summed E-state index contributed by atoms with van der Waals surface area (Å²) in [5.74, 6) is 1.79. The van der Waals surface area contributed by atoms with Crippen molar-refractivity contribution in [3.05, 3.63) is 18.2 Å². The Morgan fingerprint density at radius 2 is 2.26 bits per heavy atom. The zero-order valence-electron chi connectivity index (χ0n) is 12.1. The molecule has 4 nitrogen and oxygen atoms in total. The van der Waals surface area contributed by atoms with Gasteiger partial charge in [-0.15, -0.1) is 0 Å². The first-order valence-corrected chi connectivity index (χ1v) is 7.52. The molecule has 1 spiro atoms. The summed E-state index contributed by atoms with van der Waals surface area (Å²) in [4.78, 5) is 4.54. The van der Waals surface area contributed by atoms with E-state index in [0.717, 1.165) is 18.9 Å². The smallest absolute Gasteiger partial charge is 0.125 e. The molecule has 106 valence electrons. The van der Waals surface area contributed by atoms with Crippen LogP contribution in [0.3, 0.4) is 0 Å². The van der Waals surface area contributed by atoms with Crippen LogP contribution < -0.4 is 5.32 Å². The Morgan fingerprint density at radius 3 is 2.89 bits per heavy atom. The number of nitrogens with zero attached hydrogens (tertiary/aromatic N) is 2. The Bertz CT molecular complexity index is 423. The molecule has 4 heteroatoms. The zero-order valence-corrected chi connectivity index (χ0v) is 12.1. The second-order valence-corrected chi connectivity index (χ2v) is 6.15. The summed E-state index contributed by atoms with van der Waals surface area (Å²) in [6.07, 6.45) is 11.4. The second-order valence-electron chi connectivity index (χ2n) is 6.15. The molecule has 2 fully saturated rings. The van der Waals surface area contributed by atoms with Gasteiger partial charge in [0.1, 0.15) is 5.82 Å². The van der Waals surface area contributed by atoms with Crippen molar-refractivity contribution in [2.45, 2.75) is 50.2 Å². The highest BCUT2D eigenvalue weighted by molar-refractivity contribution is 5.04. The SMILES string of the molecule is CNC(c1nccn1C)C1CCOC2(CCCC2)C1. The molecular weight excluding hydrogens is 238 g/mol. The van der Waals surface area contributed by atoms with Gasteiger partial charge in [0.05, 0.1) is 11.6 Å². The van der Waals surface area contributed by atoms with Crippen LogP contribution in [0.4, 0.5) is 0 Å². The van der Waals surface area contributed by atoms with E-state index in [2.05, 4.69) is 29.0 Å². The van der Waals surface area contributed by atoms with Gasteiger partial charge in [0.15, 0.2) is 0 Å². The topological polar surface area (TPSA) is 39.1 Å². The molecule has 1 aliphatic carbocycles. The van der Waals surface area contributed by atoms with E-state index in [-0.39, 0.29) is 5.60 Å². The lowest BCUT2D eigenvalue weighted by Gasteiger charge is -2.41. The summed E-state index contributed by atoms with van der Waals surface area (Å²) in [5, 5.41) is 3.48. The Hall–Kier alpha value is -0.870. The van der Waals surface area contributed by atoms with E-state index in [0.29, 0.717) is 12.0 Å². The summed E-state index contributed by atoms with van der Waals surface area (Å²) >= 11 is 0. The molecule has 1 aliphatic heterocycles. The fourth-order valence-electron chi connectivity index (χ4n) is 3.97. The molecule has 2 aliphatic rings. The number of nitrogens with one attached hydrogen (secondary N) is 1. The van der Waals surface area contributed by atoms with E-state index in [9.17, 15) is 0 Å². The van der Waals surface area contributed by atoms with Crippen molar-refractivity contribution in [2.24, 2.45) is 13.0 Å². The third-order valence-corrected chi connectivity index (χ3v) is 4.96. The first kappa shape index (κ1) is 13.1. The first-order valence-electron chi connectivity index (χ1n) is 7.52. The number of ether oxygens (including phenoxy) is 1. The minimum atomic E-state index is 0.184. The summed E-state index contributed by atoms with van der Waals surface area (Å²) in [6, 6.07) is 0.348. The zero-order chi connectivity index (χ0) is 13.3. The third kappa shape index (κ3) is 2.43. The maximum absolute atomic E-state index is 6.14. The molecule has 2 atom stereocenters. The van der Waals surface area contributed by atoms with Gasteiger partial charge in [-0.1, -0.05) is 12.8 Å². The van der Waals surface area contributed by atoms with E-state index in [1.807, 2.05) is 12.4 Å². The molecule has 0 amide bonds. The lowest BCUT2D eigenvalue weighted by atomic mass is 9.80. The molecule has 0 bridgehead atoms. The van der Waals surface area contributed by atoms with Gasteiger partial charge in [-0.3, -0.25) is 0 Å². The predicted molar refractivity (Wildman–Crippen MR) is 74.9 cm³/mol. The van der Waals surface area contributed by atoms with E-state index >= 15 is 0 Å². The molecule has 1 saturated heterocycles. The number of hydrogen-bond acceptors (Lipinski definition) is 3. The second kappa shape index (κ2) is 5.25. The van der Waals surface area contributed by atoms with Crippen molar-refractivity contribution < 1.29 is 4.74 Å². The summed E-state index contributed by atoms with van der Waals surface area (Å²) < 4.78 is 8.28. The number of hydrogen-bond donors (Lipinski definition) is 1. The Labute approximate surface area is 115 Å². The van der Waals surface area contributed by atoms with E-state index in [1.165, 1.54) is 32.1 Å². The van der Waals surface area contributed by atoms with Crippen molar-refractivity contribution in [1.29, 1.82) is 0 Å². The van der Waals surface area contributed by atoms with Crippen molar-refractivity contribution in [1.82, 2.24) is 14.9 Å². The van der Waals surface area contributed by atoms with Crippen molar-refractivity contribution in [3.63, 3.8) is 0 Å². The van der Waals surface area contributed by atoms with Crippen molar-refractivity contribution >= 4 is 0 Å². The van der Waals surface area contributed by atoms with Gasteiger partial charge in [0.2, 0.25) is 0 Å². The normalized spacial score (nSPS) is 27.8. The number of rotatable bonds is 3. The maximum atomic E-state index is 6.14. The van der Waals surface area contributed by atoms with Crippen LogP contribution in [-0.4, -0.2) is 28.8 Å². The number of aryl methyl sites for hydroxylation is 1. The van der Waals surface area contributed by atoms with Gasteiger partial charge in [-0.25, -0.2) is 4.98 Å². The highest BCUT2D eigenvalue weighted by Gasteiger charge is 2.42. The van der Waals surface area contributed by atoms with E-state index in [1.54, 1.807) is 0 Å². The molecule has 1 aromatic heterocycles. The molecule has 19 heavy (non-hydrogen) atoms. The van der Waals surface area contributed by atoms with Gasteiger partial charge in [0, 0.05) is 26.0 Å². The highest BCUT2D eigenvalue weighted by atomic mass is 16.5. The Morgan fingerprint density at radius 1 is 1.47 bits per heavy atom. The van der Waals surface area contributed by atoms with Gasteiger partial charge >= 0.3 is 0 Å². The van der Waals surface area contributed by atoms with Crippen molar-refractivity contribution in [2.75, 3.05) is 13.7 Å². The van der Waals surface area contributed by atoms with Crippen LogP contribution in [-0.2, 0) is 11.8 Å². The average molecular weight is 263 g/mol. The molecule has 1 saturated carbocycles. The molecular formula is C15H25N3O. The lowest BCUT2D eigenvalue weighted by molar-refractivity contribution is -0.0984. The Kier molecular flexibility index (Phi) is 3.63. The van der Waals surface area contributed by atoms with Crippen LogP contribution in [0.2, 0.25) is 0 Å². The molecule has 2 unspecified atom stereocenters. The minimum absolute atomic E-state index is 0.184.